The lowest BCUT2D eigenvalue weighted by atomic mass is 9.82. The minimum Gasteiger partial charge on any atom is -1.00 e. The fourth-order valence-corrected chi connectivity index (χ4v) is 14.5. The molecule has 4 aliphatic heterocycles. The van der Waals surface area contributed by atoms with E-state index in [1.54, 1.807) is 0 Å². The van der Waals surface area contributed by atoms with Crippen molar-refractivity contribution >= 4 is 44.6 Å². The number of hydrogen-bond acceptors (Lipinski definition) is 2. The number of benzene rings is 9. The number of para-hydroxylation sites is 3. The molecule has 1 saturated carbocycles. The molecule has 5 atom stereocenters. The first kappa shape index (κ1) is 46.5. The van der Waals surface area contributed by atoms with E-state index in [2.05, 4.69) is 274 Å². The molecule has 1 fully saturated rings. The quantitative estimate of drug-likeness (QED) is 0.137. The smallest absolute Gasteiger partial charge is 0.288 e. The van der Waals surface area contributed by atoms with Crippen LogP contribution < -0.4 is 43.1 Å². The van der Waals surface area contributed by atoms with Gasteiger partial charge in [-0.05, 0) is 104 Å². The summed E-state index contributed by atoms with van der Waals surface area (Å²) < 4.78 is 12.8. The van der Waals surface area contributed by atoms with Gasteiger partial charge in [-0.3, -0.25) is 4.90 Å². The van der Waals surface area contributed by atoms with Gasteiger partial charge >= 0.3 is 0 Å². The summed E-state index contributed by atoms with van der Waals surface area (Å²) in [5.41, 5.74) is 21.9. The second-order valence-corrected chi connectivity index (χ2v) is 24.0. The van der Waals surface area contributed by atoms with Crippen molar-refractivity contribution in [3.05, 3.63) is 241 Å². The molecule has 5 nitrogen and oxygen atoms in total. The second-order valence-electron chi connectivity index (χ2n) is 24.0. The van der Waals surface area contributed by atoms with E-state index in [1.165, 1.54) is 122 Å². The normalized spacial score (nSPS) is 19.8. The van der Waals surface area contributed by atoms with Gasteiger partial charge in [0.15, 0.2) is 17.4 Å². The predicted molar refractivity (Wildman–Crippen MR) is 309 cm³/mol. The van der Waals surface area contributed by atoms with Gasteiger partial charge in [0.1, 0.15) is 39.5 Å². The van der Waals surface area contributed by atoms with E-state index in [9.17, 15) is 0 Å². The molecule has 1 spiro atoms. The average Bonchev–Trinajstić information content (AvgIpc) is 3.97. The lowest BCUT2D eigenvalue weighted by Crippen LogP contribution is -3.08. The lowest BCUT2D eigenvalue weighted by molar-refractivity contribution is -0.805. The molecule has 2 aromatic heterocycles. The first-order valence-electron chi connectivity index (χ1n) is 27.2. The molecule has 5 aliphatic rings. The molecule has 6 heteroatoms. The SMILES string of the molecule is CC(C)(C)c1cc(-c2ccccc2)cc(-c2cccc(-c3ccccc3)c2N2c3ccccc3[NH+]3c4cccc5c4C46C(c7c(ccc8c9cc(-c%10ccccc%10)ccc9n(c78)-c7cc(C(C)(C)C)cc[n+]74)O5)C6C23)c1.[I-]. The molecule has 374 valence electrons. The van der Waals surface area contributed by atoms with Gasteiger partial charge in [-0.25, -0.2) is 9.47 Å². The third kappa shape index (κ3) is 6.40. The van der Waals surface area contributed by atoms with Crippen molar-refractivity contribution in [2.75, 3.05) is 4.90 Å². The number of quaternary nitrogens is 1. The molecule has 9 aromatic carbocycles. The fraction of sp³-hybridized carbons (Fsp3) is 0.169. The Labute approximate surface area is 467 Å². The molecule has 6 heterocycles. The van der Waals surface area contributed by atoms with Crippen molar-refractivity contribution in [1.29, 1.82) is 0 Å². The van der Waals surface area contributed by atoms with Gasteiger partial charge in [-0.15, -0.1) is 0 Å². The maximum absolute atomic E-state index is 7.45. The van der Waals surface area contributed by atoms with Gasteiger partial charge in [0.05, 0.1) is 29.3 Å². The zero-order valence-corrected chi connectivity index (χ0v) is 46.3. The Hall–Kier alpha value is -7.78. The van der Waals surface area contributed by atoms with E-state index < -0.39 is 5.54 Å². The minimum atomic E-state index is -0.491. The van der Waals surface area contributed by atoms with Crippen LogP contribution in [0.15, 0.2) is 219 Å². The van der Waals surface area contributed by atoms with Gasteiger partial charge in [0.2, 0.25) is 0 Å². The topological polar surface area (TPSA) is 25.7 Å². The Morgan fingerprint density at radius 2 is 1.14 bits per heavy atom. The number of halogens is 1. The Morgan fingerprint density at radius 3 is 1.87 bits per heavy atom. The van der Waals surface area contributed by atoms with Crippen molar-refractivity contribution in [3.63, 3.8) is 0 Å². The lowest BCUT2D eigenvalue weighted by Gasteiger charge is -2.38. The van der Waals surface area contributed by atoms with Crippen LogP contribution in [-0.4, -0.2) is 10.7 Å². The van der Waals surface area contributed by atoms with Gasteiger partial charge in [0, 0.05) is 40.1 Å². The van der Waals surface area contributed by atoms with E-state index in [0.717, 1.165) is 11.5 Å². The van der Waals surface area contributed by atoms with E-state index in [1.807, 2.05) is 0 Å². The third-order valence-electron chi connectivity index (χ3n) is 17.9. The van der Waals surface area contributed by atoms with Gasteiger partial charge in [-0.1, -0.05) is 187 Å². The summed E-state index contributed by atoms with van der Waals surface area (Å²) in [5.74, 6) is 3.30. The van der Waals surface area contributed by atoms with Crippen molar-refractivity contribution in [2.45, 2.75) is 70.0 Å². The number of anilines is 2. The highest BCUT2D eigenvalue weighted by Gasteiger charge is 2.85. The largest absolute Gasteiger partial charge is 1.00 e. The molecule has 0 saturated heterocycles. The fourth-order valence-electron chi connectivity index (χ4n) is 14.5. The highest BCUT2D eigenvalue weighted by Crippen LogP contribution is 2.75. The number of fused-ring (bicyclic) bond motifs is 10. The highest BCUT2D eigenvalue weighted by molar-refractivity contribution is 6.12. The van der Waals surface area contributed by atoms with Gasteiger partial charge in [-0.2, -0.15) is 4.57 Å². The summed E-state index contributed by atoms with van der Waals surface area (Å²) in [6, 6.07) is 80.1. The van der Waals surface area contributed by atoms with Crippen LogP contribution in [0, 0.1) is 5.92 Å². The highest BCUT2D eigenvalue weighted by atomic mass is 127. The minimum absolute atomic E-state index is 0. The third-order valence-corrected chi connectivity index (χ3v) is 17.9. The Morgan fingerprint density at radius 1 is 0.506 bits per heavy atom. The Balaban J connectivity index is 0.00000518. The molecule has 77 heavy (non-hydrogen) atoms. The summed E-state index contributed by atoms with van der Waals surface area (Å²) in [6.45, 7) is 14.1. The summed E-state index contributed by atoms with van der Waals surface area (Å²) in [7, 11) is 0. The van der Waals surface area contributed by atoms with Crippen LogP contribution in [0.1, 0.15) is 69.7 Å². The van der Waals surface area contributed by atoms with Crippen LogP contribution in [0.2, 0.25) is 0 Å². The van der Waals surface area contributed by atoms with Crippen molar-refractivity contribution in [3.8, 4) is 61.8 Å². The van der Waals surface area contributed by atoms with Crippen LogP contribution >= 0.6 is 0 Å². The number of rotatable bonds is 5. The number of nitrogens with one attached hydrogen (secondary N) is 1. The van der Waals surface area contributed by atoms with Crippen LogP contribution in [0.3, 0.4) is 0 Å². The molecule has 5 unspecified atom stereocenters. The summed E-state index contributed by atoms with van der Waals surface area (Å²) >= 11 is 0. The van der Waals surface area contributed by atoms with Crippen molar-refractivity contribution in [1.82, 2.24) is 4.57 Å². The maximum Gasteiger partial charge on any atom is 0.288 e. The van der Waals surface area contributed by atoms with Crippen molar-refractivity contribution < 1.29 is 38.2 Å². The van der Waals surface area contributed by atoms with Crippen LogP contribution in [0.25, 0.3) is 72.1 Å². The van der Waals surface area contributed by atoms with E-state index in [0.29, 0.717) is 0 Å². The molecule has 11 aromatic rings. The average molecular weight is 1110 g/mol. The molecule has 0 radical (unpaired) electrons. The summed E-state index contributed by atoms with van der Waals surface area (Å²) in [6.07, 6.45) is 2.41. The van der Waals surface area contributed by atoms with Crippen LogP contribution in [0.4, 0.5) is 22.7 Å². The first-order valence-corrected chi connectivity index (χ1v) is 27.2. The van der Waals surface area contributed by atoms with E-state index in [-0.39, 0.29) is 52.8 Å². The molecule has 2 bridgehead atoms. The molecular formula is C71H58IN4O+. The number of ether oxygens (including phenoxy) is 1. The Kier molecular flexibility index (Phi) is 9.89. The van der Waals surface area contributed by atoms with Gasteiger partial charge < -0.3 is 28.7 Å². The number of hydrogen-bond donors (Lipinski definition) is 1. The molecule has 0 amide bonds. The Bertz CT molecular complexity index is 4260. The monoisotopic (exact) mass is 1110 g/mol. The maximum atomic E-state index is 7.45. The second kappa shape index (κ2) is 16.4. The van der Waals surface area contributed by atoms with Crippen molar-refractivity contribution in [2.24, 2.45) is 5.92 Å². The first-order chi connectivity index (χ1) is 37.0. The zero-order chi connectivity index (χ0) is 51.0. The standard InChI is InChI=1S/C71H57N4O.HI/c1-69(2,3)49-36-37-72-61(42-49)74-55-34-32-46(43-20-10-7-11-21-43)41-54(55)53-33-35-59-62(67(53)74)64-65-68-73(58-30-19-31-60(76-59)63(58)71(64,65)72)56-28-16-17-29-57(56)75(68)66-51(45-24-14-9-15-25-45)26-18-27-52(66)48-38-47(44-22-12-8-13-23-44)39-50(40-48)70(4,5)6;/h7-42,64-65,68H,1-6H3;1H/q+1;. The summed E-state index contributed by atoms with van der Waals surface area (Å²) in [5, 5.41) is 2.51. The molecule has 1 aliphatic carbocycles. The van der Waals surface area contributed by atoms with E-state index in [4.69, 9.17) is 4.74 Å². The summed E-state index contributed by atoms with van der Waals surface area (Å²) in [4.78, 5) is 4.21. The number of pyridine rings is 1. The molecule has 1 N–H and O–H groups in total. The van der Waals surface area contributed by atoms with E-state index >= 15 is 0 Å². The molecule has 16 rings (SSSR count). The van der Waals surface area contributed by atoms with Gasteiger partial charge in [0.25, 0.3) is 5.82 Å². The number of aromatic nitrogens is 2. The van der Waals surface area contributed by atoms with Crippen LogP contribution in [0.5, 0.6) is 11.5 Å². The molecular weight excluding hydrogens is 1050 g/mol. The zero-order valence-electron chi connectivity index (χ0n) is 44.1. The predicted octanol–water partition coefficient (Wildman–Crippen LogP) is 13.3. The van der Waals surface area contributed by atoms with Crippen LogP contribution in [-0.2, 0) is 16.4 Å². The number of nitrogens with zero attached hydrogens (tertiary/aromatic N) is 3.